The Labute approximate surface area is 229 Å². The third-order valence-corrected chi connectivity index (χ3v) is 8.52. The Kier molecular flexibility index (Phi) is 6.99. The quantitative estimate of drug-likeness (QED) is 0.235. The van der Waals surface area contributed by atoms with E-state index in [-0.39, 0.29) is 24.0 Å². The van der Waals surface area contributed by atoms with Crippen molar-refractivity contribution in [1.29, 1.82) is 0 Å². The van der Waals surface area contributed by atoms with E-state index in [2.05, 4.69) is 20.0 Å². The zero-order valence-corrected chi connectivity index (χ0v) is 23.4. The molecule has 1 aromatic carbocycles. The van der Waals surface area contributed by atoms with E-state index < -0.39 is 49.5 Å². The molecule has 216 valence electrons. The summed E-state index contributed by atoms with van der Waals surface area (Å²) in [4.78, 5) is 26.6. The molecule has 1 aliphatic carbocycles. The van der Waals surface area contributed by atoms with Crippen LogP contribution in [-0.4, -0.2) is 80.8 Å². The number of nitrogens with two attached hydrogens (primary N) is 1. The van der Waals surface area contributed by atoms with Crippen LogP contribution in [0.1, 0.15) is 27.0 Å². The van der Waals surface area contributed by atoms with Crippen molar-refractivity contribution in [3.8, 4) is 5.75 Å². The van der Waals surface area contributed by atoms with Gasteiger partial charge >= 0.3 is 13.7 Å². The van der Waals surface area contributed by atoms with Crippen LogP contribution in [0.4, 0.5) is 16.2 Å². The molecule has 14 nitrogen and oxygen atoms in total. The van der Waals surface area contributed by atoms with Crippen molar-refractivity contribution in [1.82, 2.24) is 24.6 Å². The highest BCUT2D eigenvalue weighted by molar-refractivity contribution is 7.52. The number of nitrogens with zero attached hydrogens (tertiary/aromatic N) is 5. The molecule has 2 aromatic heterocycles. The number of esters is 1. The standard InChI is InChI=1S/C24H31FN7O7P/c1-6-36-20(33)13(2)30-40(35,38-14-10-8-7-9-11-14)39-17-16-24(17,34)23(3,25)21(37-16)32-12-27-15-18(31(4)5)28-22(26)29-19(15)32/h7-13,16-17,21,34H,6H2,1-5H3,(H,30,35)(H2,26,28,29)/t13-,16-,17?,21-,23+,24+,40+/m1/s1. The zero-order valence-electron chi connectivity index (χ0n) is 22.5. The number of ether oxygens (including phenoxy) is 2. The van der Waals surface area contributed by atoms with Crippen LogP contribution in [0.25, 0.3) is 11.2 Å². The maximum absolute atomic E-state index is 16.5. The molecule has 1 unspecified atom stereocenters. The van der Waals surface area contributed by atoms with Crippen molar-refractivity contribution >= 4 is 36.6 Å². The first kappa shape index (κ1) is 28.2. The topological polar surface area (TPSA) is 176 Å². The van der Waals surface area contributed by atoms with Crippen molar-refractivity contribution in [2.75, 3.05) is 31.3 Å². The number of imidazole rings is 1. The van der Waals surface area contributed by atoms with Gasteiger partial charge in [-0.15, -0.1) is 0 Å². The van der Waals surface area contributed by atoms with Crippen LogP contribution in [0.2, 0.25) is 0 Å². The lowest BCUT2D eigenvalue weighted by atomic mass is 9.97. The molecular weight excluding hydrogens is 548 g/mol. The Balaban J connectivity index is 1.42. The van der Waals surface area contributed by atoms with Crippen molar-refractivity contribution in [3.05, 3.63) is 36.7 Å². The van der Waals surface area contributed by atoms with Gasteiger partial charge in [-0.1, -0.05) is 18.2 Å². The smallest absolute Gasteiger partial charge is 0.459 e. The number of carbonyl (C=O) groups excluding carboxylic acids is 1. The molecule has 0 spiro atoms. The van der Waals surface area contributed by atoms with Gasteiger partial charge in [-0.3, -0.25) is 13.9 Å². The highest BCUT2D eigenvalue weighted by Gasteiger charge is 2.85. The molecule has 3 heterocycles. The molecule has 0 bridgehead atoms. The van der Waals surface area contributed by atoms with Crippen LogP contribution >= 0.6 is 7.75 Å². The zero-order chi connectivity index (χ0) is 29.0. The van der Waals surface area contributed by atoms with E-state index in [4.69, 9.17) is 24.3 Å². The highest BCUT2D eigenvalue weighted by atomic mass is 31.2. The summed E-state index contributed by atoms with van der Waals surface area (Å²) in [5, 5.41) is 13.9. The monoisotopic (exact) mass is 579 g/mol. The minimum absolute atomic E-state index is 0.0533. The summed E-state index contributed by atoms with van der Waals surface area (Å²) in [7, 11) is -0.888. The van der Waals surface area contributed by atoms with Crippen LogP contribution in [0.3, 0.4) is 0 Å². The van der Waals surface area contributed by atoms with Gasteiger partial charge in [-0.2, -0.15) is 15.1 Å². The normalized spacial score (nSPS) is 29.4. The Morgan fingerprint density at radius 1 is 1.35 bits per heavy atom. The molecule has 40 heavy (non-hydrogen) atoms. The van der Waals surface area contributed by atoms with Crippen LogP contribution in [0, 0.1) is 0 Å². The number of aromatic nitrogens is 4. The molecule has 2 aliphatic rings. The maximum atomic E-state index is 16.5. The Morgan fingerprint density at radius 2 is 2.05 bits per heavy atom. The molecule has 16 heteroatoms. The number of rotatable bonds is 10. The van der Waals surface area contributed by atoms with E-state index in [1.807, 2.05) is 0 Å². The van der Waals surface area contributed by atoms with Crippen LogP contribution in [0.15, 0.2) is 36.7 Å². The molecule has 2 fully saturated rings. The van der Waals surface area contributed by atoms with E-state index in [9.17, 15) is 14.5 Å². The highest BCUT2D eigenvalue weighted by Crippen LogP contribution is 2.66. The average molecular weight is 580 g/mol. The van der Waals surface area contributed by atoms with Gasteiger partial charge in [0.25, 0.3) is 0 Å². The Morgan fingerprint density at radius 3 is 2.65 bits per heavy atom. The number of alkyl halides is 1. The second-order valence-corrected chi connectivity index (χ2v) is 11.6. The summed E-state index contributed by atoms with van der Waals surface area (Å²) in [6, 6.07) is 6.97. The Bertz CT molecular complexity index is 1470. The number of hydrogen-bond donors (Lipinski definition) is 3. The van der Waals surface area contributed by atoms with Gasteiger partial charge in [-0.05, 0) is 32.9 Å². The number of halogens is 1. The second kappa shape index (κ2) is 9.93. The van der Waals surface area contributed by atoms with E-state index in [0.29, 0.717) is 11.3 Å². The lowest BCUT2D eigenvalue weighted by Crippen LogP contribution is -2.45. The van der Waals surface area contributed by atoms with Gasteiger partial charge in [-0.25, -0.2) is 13.9 Å². The number of benzene rings is 1. The van der Waals surface area contributed by atoms with E-state index in [1.165, 1.54) is 30.0 Å². The fraction of sp³-hybridized carbons (Fsp3) is 0.500. The van der Waals surface area contributed by atoms with E-state index in [1.54, 1.807) is 44.1 Å². The number of aliphatic hydroxyl groups is 1. The first-order valence-electron chi connectivity index (χ1n) is 12.5. The van der Waals surface area contributed by atoms with Crippen molar-refractivity contribution in [2.45, 2.75) is 56.5 Å². The molecule has 0 radical (unpaired) electrons. The second-order valence-electron chi connectivity index (χ2n) is 9.96. The number of anilines is 2. The van der Waals surface area contributed by atoms with Gasteiger partial charge in [0.05, 0.1) is 12.9 Å². The summed E-state index contributed by atoms with van der Waals surface area (Å²) in [5.74, 6) is -0.171. The summed E-state index contributed by atoms with van der Waals surface area (Å²) in [6.45, 7) is 4.28. The fourth-order valence-corrected chi connectivity index (χ4v) is 6.48. The summed E-state index contributed by atoms with van der Waals surface area (Å²) < 4.78 is 53.8. The first-order chi connectivity index (χ1) is 18.8. The fourth-order valence-electron chi connectivity index (χ4n) is 4.78. The number of para-hydroxylation sites is 1. The lowest BCUT2D eigenvalue weighted by molar-refractivity contribution is -0.144. The van der Waals surface area contributed by atoms with Gasteiger partial charge in [0.15, 0.2) is 34.5 Å². The first-order valence-corrected chi connectivity index (χ1v) is 14.1. The van der Waals surface area contributed by atoms with Gasteiger partial charge in [0.2, 0.25) is 5.95 Å². The lowest BCUT2D eigenvalue weighted by Gasteiger charge is -2.31. The van der Waals surface area contributed by atoms with E-state index in [0.717, 1.165) is 6.92 Å². The number of nitrogen functional groups attached to an aromatic ring is 1. The largest absolute Gasteiger partial charge is 0.465 e. The molecule has 4 N–H and O–H groups in total. The summed E-state index contributed by atoms with van der Waals surface area (Å²) in [6.07, 6.45) is -2.69. The molecule has 1 saturated heterocycles. The third kappa shape index (κ3) is 4.57. The summed E-state index contributed by atoms with van der Waals surface area (Å²) in [5.41, 5.74) is 1.74. The van der Waals surface area contributed by atoms with Crippen LogP contribution in [-0.2, 0) is 23.4 Å². The molecular formula is C24H31FN7O7P. The number of nitrogens with one attached hydrogen (secondary N) is 1. The third-order valence-electron chi connectivity index (χ3n) is 6.87. The number of hydrogen-bond acceptors (Lipinski definition) is 12. The molecule has 1 aliphatic heterocycles. The minimum atomic E-state index is -4.38. The predicted molar refractivity (Wildman–Crippen MR) is 141 cm³/mol. The number of carbonyl (C=O) groups is 1. The van der Waals surface area contributed by atoms with Crippen LogP contribution < -0.4 is 20.2 Å². The number of fused-ring (bicyclic) bond motifs is 2. The van der Waals surface area contributed by atoms with Crippen molar-refractivity contribution in [3.63, 3.8) is 0 Å². The maximum Gasteiger partial charge on any atom is 0.459 e. The molecule has 3 aromatic rings. The molecule has 5 rings (SSSR count). The minimum Gasteiger partial charge on any atom is -0.465 e. The molecule has 1 saturated carbocycles. The van der Waals surface area contributed by atoms with Crippen molar-refractivity contribution in [2.24, 2.45) is 0 Å². The average Bonchev–Trinajstić information content (AvgIpc) is 3.15. The van der Waals surface area contributed by atoms with Gasteiger partial charge in [0, 0.05) is 14.1 Å². The van der Waals surface area contributed by atoms with Gasteiger partial charge in [0.1, 0.15) is 24.0 Å². The van der Waals surface area contributed by atoms with E-state index >= 15 is 4.39 Å². The SMILES string of the molecule is CCOC(=O)[C@@H](C)N[P@](=O)(Oc1ccccc1)OC1[C@H]2O[C@@H](n3cnc4c(N(C)C)nc(N)nc43)[C@](C)(F)[C@@]12O. The summed E-state index contributed by atoms with van der Waals surface area (Å²) >= 11 is 0. The molecule has 0 amide bonds. The van der Waals surface area contributed by atoms with Gasteiger partial charge < -0.3 is 29.7 Å². The van der Waals surface area contributed by atoms with Crippen molar-refractivity contribution < 1.29 is 37.4 Å². The predicted octanol–water partition coefficient (Wildman–Crippen LogP) is 1.96. The van der Waals surface area contributed by atoms with Crippen LogP contribution in [0.5, 0.6) is 5.75 Å². The Hall–Kier alpha value is -3.36. The molecule has 7 atom stereocenters.